The van der Waals surface area contributed by atoms with E-state index < -0.39 is 0 Å². The normalized spacial score (nSPS) is 8.90. The van der Waals surface area contributed by atoms with E-state index in [1.807, 2.05) is 39.0 Å². The van der Waals surface area contributed by atoms with Gasteiger partial charge in [0.25, 0.3) is 0 Å². The van der Waals surface area contributed by atoms with Crippen molar-refractivity contribution < 1.29 is 5.21 Å². The van der Waals surface area contributed by atoms with Crippen molar-refractivity contribution >= 4 is 29.2 Å². The molecule has 0 atom stereocenters. The molecular formula is C16H23ClN2OS. The Balaban J connectivity index is 0.000000921. The largest absolute Gasteiger partial charge is 0.324 e. The highest BCUT2D eigenvalue weighted by Crippen LogP contribution is 2.28. The molecule has 0 fully saturated rings. The van der Waals surface area contributed by atoms with Gasteiger partial charge in [-0.05, 0) is 55.6 Å². The van der Waals surface area contributed by atoms with E-state index in [4.69, 9.17) is 16.8 Å². The topological polar surface area (TPSA) is 58.3 Å². The van der Waals surface area contributed by atoms with Crippen LogP contribution in [0.1, 0.15) is 25.0 Å². The summed E-state index contributed by atoms with van der Waals surface area (Å²) in [5.74, 6) is 3.50. The minimum absolute atomic E-state index is 0.754. The van der Waals surface area contributed by atoms with Crippen molar-refractivity contribution in [3.8, 4) is 0 Å². The fraction of sp³-hybridized carbons (Fsp3) is 0.250. The van der Waals surface area contributed by atoms with Gasteiger partial charge in [-0.3, -0.25) is 0 Å². The summed E-state index contributed by atoms with van der Waals surface area (Å²) in [6, 6.07) is 14.4. The Kier molecular flexibility index (Phi) is 10.8. The van der Waals surface area contributed by atoms with E-state index in [0.29, 0.717) is 0 Å². The molecule has 0 aliphatic rings. The summed E-state index contributed by atoms with van der Waals surface area (Å²) in [6.07, 6.45) is 0. The SMILES string of the molecule is CC.Cc1ccc(SNc2ccc(C)cc2Cl)cc1.NO. The van der Waals surface area contributed by atoms with Gasteiger partial charge in [0.05, 0.1) is 10.7 Å². The Labute approximate surface area is 136 Å². The summed E-state index contributed by atoms with van der Waals surface area (Å²) >= 11 is 7.71. The van der Waals surface area contributed by atoms with Crippen LogP contribution in [-0.4, -0.2) is 5.21 Å². The molecule has 2 rings (SSSR count). The summed E-state index contributed by atoms with van der Waals surface area (Å²) in [5.41, 5.74) is 3.38. The molecule has 3 nitrogen and oxygen atoms in total. The Morgan fingerprint density at radius 2 is 1.48 bits per heavy atom. The van der Waals surface area contributed by atoms with Crippen molar-refractivity contribution in [3.63, 3.8) is 0 Å². The van der Waals surface area contributed by atoms with E-state index in [9.17, 15) is 0 Å². The number of benzene rings is 2. The van der Waals surface area contributed by atoms with Gasteiger partial charge in [-0.2, -0.15) is 0 Å². The molecule has 21 heavy (non-hydrogen) atoms. The predicted octanol–water partition coefficient (Wildman–Crippen LogP) is 5.44. The van der Waals surface area contributed by atoms with Crippen LogP contribution in [-0.2, 0) is 0 Å². The van der Waals surface area contributed by atoms with Gasteiger partial charge in [0.15, 0.2) is 0 Å². The number of hydrogen-bond acceptors (Lipinski definition) is 4. The lowest BCUT2D eigenvalue weighted by atomic mass is 10.2. The Hall–Kier alpha value is -1.20. The van der Waals surface area contributed by atoms with Gasteiger partial charge >= 0.3 is 0 Å². The van der Waals surface area contributed by atoms with Crippen molar-refractivity contribution in [1.29, 1.82) is 0 Å². The van der Waals surface area contributed by atoms with E-state index >= 15 is 0 Å². The van der Waals surface area contributed by atoms with Crippen LogP contribution in [0.4, 0.5) is 5.69 Å². The van der Waals surface area contributed by atoms with E-state index in [0.717, 1.165) is 10.7 Å². The third-order valence-corrected chi connectivity index (χ3v) is 3.57. The van der Waals surface area contributed by atoms with E-state index in [-0.39, 0.29) is 0 Å². The highest BCUT2D eigenvalue weighted by atomic mass is 35.5. The molecule has 0 aliphatic carbocycles. The fourth-order valence-corrected chi connectivity index (χ4v) is 2.44. The molecule has 0 bridgehead atoms. The highest BCUT2D eigenvalue weighted by molar-refractivity contribution is 8.00. The molecule has 4 N–H and O–H groups in total. The smallest absolute Gasteiger partial charge is 0.0648 e. The number of anilines is 1. The fourth-order valence-electron chi connectivity index (χ4n) is 1.42. The van der Waals surface area contributed by atoms with Crippen molar-refractivity contribution in [2.75, 3.05) is 4.72 Å². The molecule has 0 aromatic heterocycles. The third-order valence-electron chi connectivity index (χ3n) is 2.42. The molecule has 0 spiro atoms. The van der Waals surface area contributed by atoms with Gasteiger partial charge in [-0.25, -0.2) is 5.90 Å². The molecular weight excluding hydrogens is 304 g/mol. The molecule has 0 aliphatic heterocycles. The lowest BCUT2D eigenvalue weighted by Crippen LogP contribution is -1.88. The lowest BCUT2D eigenvalue weighted by molar-refractivity contribution is 0.311. The standard InChI is InChI=1S/C14H14ClNS.C2H6.H3NO/c1-10-3-6-12(7-4-10)17-16-14-8-5-11(2)9-13(14)15;2*1-2/h3-9,16H,1-2H3;1-2H3;2H,1H2. The van der Waals surface area contributed by atoms with E-state index in [1.54, 1.807) is 11.9 Å². The Morgan fingerprint density at radius 3 is 2.00 bits per heavy atom. The summed E-state index contributed by atoms with van der Waals surface area (Å²) in [5, 5.41) is 7.25. The maximum Gasteiger partial charge on any atom is 0.0648 e. The second kappa shape index (κ2) is 11.5. The molecule has 0 saturated heterocycles. The van der Waals surface area contributed by atoms with Crippen molar-refractivity contribution in [2.24, 2.45) is 5.90 Å². The van der Waals surface area contributed by atoms with Crippen LogP contribution in [0.25, 0.3) is 0 Å². The number of nitrogens with one attached hydrogen (secondary N) is 1. The number of hydrogen-bond donors (Lipinski definition) is 3. The molecule has 2 aromatic carbocycles. The van der Waals surface area contributed by atoms with Crippen LogP contribution < -0.4 is 10.6 Å². The Morgan fingerprint density at radius 1 is 0.952 bits per heavy atom. The quantitative estimate of drug-likeness (QED) is 0.519. The monoisotopic (exact) mass is 326 g/mol. The zero-order chi connectivity index (χ0) is 16.3. The van der Waals surface area contributed by atoms with Gasteiger partial charge in [-0.15, -0.1) is 0 Å². The first-order valence-electron chi connectivity index (χ1n) is 6.66. The first-order chi connectivity index (χ1) is 10.1. The van der Waals surface area contributed by atoms with Gasteiger partial charge in [0.2, 0.25) is 0 Å². The molecule has 116 valence electrons. The molecule has 0 heterocycles. The molecule has 2 aromatic rings. The summed E-state index contributed by atoms with van der Waals surface area (Å²) < 4.78 is 3.26. The first kappa shape index (κ1) is 19.8. The Bertz CT molecular complexity index is 518. The average molecular weight is 327 g/mol. The van der Waals surface area contributed by atoms with Gasteiger partial charge in [0, 0.05) is 4.90 Å². The molecule has 0 radical (unpaired) electrons. The number of rotatable bonds is 3. The van der Waals surface area contributed by atoms with Crippen LogP contribution in [0.15, 0.2) is 47.4 Å². The van der Waals surface area contributed by atoms with Crippen LogP contribution >= 0.6 is 23.5 Å². The zero-order valence-electron chi connectivity index (χ0n) is 12.9. The third kappa shape index (κ3) is 7.39. The maximum atomic E-state index is 6.50. The van der Waals surface area contributed by atoms with Crippen molar-refractivity contribution in [1.82, 2.24) is 0 Å². The molecule has 0 amide bonds. The van der Waals surface area contributed by atoms with Crippen LogP contribution in [0, 0.1) is 13.8 Å². The number of aryl methyl sites for hydroxylation is 2. The first-order valence-corrected chi connectivity index (χ1v) is 7.86. The van der Waals surface area contributed by atoms with Gasteiger partial charge < -0.3 is 9.93 Å². The van der Waals surface area contributed by atoms with Crippen molar-refractivity contribution in [2.45, 2.75) is 32.6 Å². The zero-order valence-corrected chi connectivity index (χ0v) is 14.4. The van der Waals surface area contributed by atoms with E-state index in [1.165, 1.54) is 16.0 Å². The van der Waals surface area contributed by atoms with Crippen molar-refractivity contribution in [3.05, 3.63) is 58.6 Å². The summed E-state index contributed by atoms with van der Waals surface area (Å²) in [4.78, 5) is 1.17. The highest BCUT2D eigenvalue weighted by Gasteiger charge is 2.00. The maximum absolute atomic E-state index is 6.50. The minimum Gasteiger partial charge on any atom is -0.324 e. The lowest BCUT2D eigenvalue weighted by Gasteiger charge is -2.08. The second-order valence-corrected chi connectivity index (χ2v) is 5.29. The van der Waals surface area contributed by atoms with Crippen LogP contribution in [0.5, 0.6) is 0 Å². The number of nitrogens with two attached hydrogens (primary N) is 1. The van der Waals surface area contributed by atoms with Crippen LogP contribution in [0.3, 0.4) is 0 Å². The van der Waals surface area contributed by atoms with Gasteiger partial charge in [0.1, 0.15) is 0 Å². The summed E-state index contributed by atoms with van der Waals surface area (Å²) in [7, 11) is 0. The van der Waals surface area contributed by atoms with Crippen LogP contribution in [0.2, 0.25) is 5.02 Å². The summed E-state index contributed by atoms with van der Waals surface area (Å²) in [6.45, 7) is 8.11. The average Bonchev–Trinajstić information content (AvgIpc) is 2.52. The molecule has 0 saturated carbocycles. The minimum atomic E-state index is 0.754. The van der Waals surface area contributed by atoms with Gasteiger partial charge in [-0.1, -0.05) is 49.2 Å². The predicted molar refractivity (Wildman–Crippen MR) is 94.2 cm³/mol. The number of halogens is 1. The molecule has 0 unspecified atom stereocenters. The van der Waals surface area contributed by atoms with E-state index in [2.05, 4.69) is 41.8 Å². The second-order valence-electron chi connectivity index (χ2n) is 4.00. The molecule has 5 heteroatoms.